The third kappa shape index (κ3) is 2.14. The summed E-state index contributed by atoms with van der Waals surface area (Å²) in [5, 5.41) is 8.74. The van der Waals surface area contributed by atoms with E-state index >= 15 is 0 Å². The van der Waals surface area contributed by atoms with Crippen LogP contribution >= 0.6 is 0 Å². The summed E-state index contributed by atoms with van der Waals surface area (Å²) in [6.45, 7) is 0. The fourth-order valence-electron chi connectivity index (χ4n) is 2.93. The van der Waals surface area contributed by atoms with Crippen molar-refractivity contribution in [2.75, 3.05) is 0 Å². The van der Waals surface area contributed by atoms with Crippen LogP contribution in [0, 0.1) is 11.3 Å². The molecule has 1 amide bonds. The van der Waals surface area contributed by atoms with Gasteiger partial charge in [0.15, 0.2) is 0 Å². The second-order valence-electron chi connectivity index (χ2n) is 4.65. The summed E-state index contributed by atoms with van der Waals surface area (Å²) < 4.78 is 0. The summed E-state index contributed by atoms with van der Waals surface area (Å²) in [6.07, 6.45) is 8.15. The number of nitriles is 1. The monoisotopic (exact) mass is 206 g/mol. The molecule has 0 aromatic heterocycles. The lowest BCUT2D eigenvalue weighted by Gasteiger charge is -2.35. The van der Waals surface area contributed by atoms with Crippen molar-refractivity contribution in [2.45, 2.75) is 63.5 Å². The van der Waals surface area contributed by atoms with Crippen LogP contribution < -0.4 is 0 Å². The lowest BCUT2D eigenvalue weighted by Crippen LogP contribution is -2.42. The molecule has 0 aromatic carbocycles. The van der Waals surface area contributed by atoms with Gasteiger partial charge in [-0.2, -0.15) is 5.26 Å². The first-order valence-electron chi connectivity index (χ1n) is 6.01. The summed E-state index contributed by atoms with van der Waals surface area (Å²) in [4.78, 5) is 13.8. The van der Waals surface area contributed by atoms with Crippen LogP contribution in [0.3, 0.4) is 0 Å². The molecule has 0 spiro atoms. The summed E-state index contributed by atoms with van der Waals surface area (Å²) in [5.41, 5.74) is 0. The Morgan fingerprint density at radius 1 is 1.27 bits per heavy atom. The topological polar surface area (TPSA) is 44.1 Å². The summed E-state index contributed by atoms with van der Waals surface area (Å²) >= 11 is 0. The Kier molecular flexibility index (Phi) is 3.25. The van der Waals surface area contributed by atoms with Crippen molar-refractivity contribution < 1.29 is 4.79 Å². The maximum atomic E-state index is 11.8. The number of hydrogen-bond acceptors (Lipinski definition) is 2. The van der Waals surface area contributed by atoms with Crippen LogP contribution in [0.5, 0.6) is 0 Å². The molecule has 0 bridgehead atoms. The van der Waals surface area contributed by atoms with Crippen molar-refractivity contribution >= 4 is 5.91 Å². The standard InChI is InChI=1S/C12H18N2O/c13-9-8-11-6-7-12(15)14(11)10-4-2-1-3-5-10/h10-11H,1-8H2. The highest BCUT2D eigenvalue weighted by Crippen LogP contribution is 2.30. The van der Waals surface area contributed by atoms with Gasteiger partial charge in [-0.05, 0) is 19.3 Å². The van der Waals surface area contributed by atoms with Crippen LogP contribution in [-0.2, 0) is 4.79 Å². The van der Waals surface area contributed by atoms with Crippen LogP contribution in [0.15, 0.2) is 0 Å². The third-order valence-corrected chi connectivity index (χ3v) is 3.67. The van der Waals surface area contributed by atoms with E-state index < -0.39 is 0 Å². The molecular weight excluding hydrogens is 188 g/mol. The van der Waals surface area contributed by atoms with Crippen LogP contribution in [0.1, 0.15) is 51.4 Å². The highest BCUT2D eigenvalue weighted by Gasteiger charge is 2.36. The van der Waals surface area contributed by atoms with Crippen molar-refractivity contribution in [1.82, 2.24) is 4.90 Å². The second kappa shape index (κ2) is 4.65. The summed E-state index contributed by atoms with van der Waals surface area (Å²) in [6, 6.07) is 2.86. The summed E-state index contributed by atoms with van der Waals surface area (Å²) in [7, 11) is 0. The molecule has 0 N–H and O–H groups in total. The van der Waals surface area contributed by atoms with Crippen LogP contribution in [0.25, 0.3) is 0 Å². The molecular formula is C12H18N2O. The first kappa shape index (κ1) is 10.5. The fourth-order valence-corrected chi connectivity index (χ4v) is 2.93. The van der Waals surface area contributed by atoms with Crippen molar-refractivity contribution in [3.05, 3.63) is 0 Å². The van der Waals surface area contributed by atoms with Gasteiger partial charge in [0.1, 0.15) is 0 Å². The van der Waals surface area contributed by atoms with E-state index in [1.807, 2.05) is 4.90 Å². The van der Waals surface area contributed by atoms with Gasteiger partial charge in [0.05, 0.1) is 12.5 Å². The lowest BCUT2D eigenvalue weighted by molar-refractivity contribution is -0.131. The minimum atomic E-state index is 0.214. The van der Waals surface area contributed by atoms with Gasteiger partial charge in [-0.25, -0.2) is 0 Å². The van der Waals surface area contributed by atoms with Gasteiger partial charge in [0, 0.05) is 18.5 Å². The molecule has 1 aliphatic heterocycles. The first-order chi connectivity index (χ1) is 7.33. The lowest BCUT2D eigenvalue weighted by atomic mass is 9.93. The van der Waals surface area contributed by atoms with Gasteiger partial charge >= 0.3 is 0 Å². The number of amides is 1. The van der Waals surface area contributed by atoms with E-state index in [1.165, 1.54) is 19.3 Å². The Hall–Kier alpha value is -1.04. The molecule has 1 aliphatic carbocycles. The van der Waals surface area contributed by atoms with Crippen LogP contribution in [-0.4, -0.2) is 22.9 Å². The number of rotatable bonds is 2. The van der Waals surface area contributed by atoms with E-state index in [0.717, 1.165) is 19.3 Å². The van der Waals surface area contributed by atoms with E-state index in [-0.39, 0.29) is 11.9 Å². The van der Waals surface area contributed by atoms with Gasteiger partial charge in [-0.3, -0.25) is 4.79 Å². The molecule has 1 unspecified atom stereocenters. The van der Waals surface area contributed by atoms with Gasteiger partial charge in [-0.1, -0.05) is 19.3 Å². The quantitative estimate of drug-likeness (QED) is 0.695. The molecule has 1 saturated heterocycles. The van der Waals surface area contributed by atoms with Crippen molar-refractivity contribution in [1.29, 1.82) is 5.26 Å². The maximum absolute atomic E-state index is 11.8. The number of carbonyl (C=O) groups excluding carboxylic acids is 1. The van der Waals surface area contributed by atoms with Gasteiger partial charge < -0.3 is 4.90 Å². The highest BCUT2D eigenvalue weighted by molar-refractivity contribution is 5.79. The fraction of sp³-hybridized carbons (Fsp3) is 0.833. The van der Waals surface area contributed by atoms with E-state index in [0.29, 0.717) is 18.9 Å². The van der Waals surface area contributed by atoms with Crippen molar-refractivity contribution in [3.63, 3.8) is 0 Å². The number of nitrogens with zero attached hydrogens (tertiary/aromatic N) is 2. The zero-order valence-electron chi connectivity index (χ0n) is 9.11. The zero-order valence-corrected chi connectivity index (χ0v) is 9.11. The minimum Gasteiger partial charge on any atom is -0.336 e. The van der Waals surface area contributed by atoms with Crippen LogP contribution in [0.2, 0.25) is 0 Å². The molecule has 15 heavy (non-hydrogen) atoms. The average molecular weight is 206 g/mol. The zero-order chi connectivity index (χ0) is 10.7. The second-order valence-corrected chi connectivity index (χ2v) is 4.65. The SMILES string of the molecule is N#CCC1CCC(=O)N1C1CCCCC1. The van der Waals surface area contributed by atoms with E-state index in [9.17, 15) is 4.79 Å². The Balaban J connectivity index is 2.03. The Labute approximate surface area is 91.1 Å². The molecule has 3 nitrogen and oxygen atoms in total. The molecule has 1 atom stereocenters. The number of likely N-dealkylation sites (tertiary alicyclic amines) is 1. The average Bonchev–Trinajstić information content (AvgIpc) is 2.62. The Morgan fingerprint density at radius 2 is 2.00 bits per heavy atom. The van der Waals surface area contributed by atoms with E-state index in [2.05, 4.69) is 6.07 Å². The van der Waals surface area contributed by atoms with Gasteiger partial charge in [0.2, 0.25) is 5.91 Å². The molecule has 1 heterocycles. The maximum Gasteiger partial charge on any atom is 0.223 e. The summed E-state index contributed by atoms with van der Waals surface area (Å²) in [5.74, 6) is 0.280. The third-order valence-electron chi connectivity index (χ3n) is 3.67. The number of carbonyl (C=O) groups is 1. The largest absolute Gasteiger partial charge is 0.336 e. The predicted molar refractivity (Wildman–Crippen MR) is 57.0 cm³/mol. The normalized spacial score (nSPS) is 28.1. The number of hydrogen-bond donors (Lipinski definition) is 0. The predicted octanol–water partition coefficient (Wildman–Crippen LogP) is 2.22. The van der Waals surface area contributed by atoms with Crippen molar-refractivity contribution in [2.24, 2.45) is 0 Å². The molecule has 2 fully saturated rings. The molecule has 2 rings (SSSR count). The minimum absolute atomic E-state index is 0.214. The Morgan fingerprint density at radius 3 is 2.67 bits per heavy atom. The van der Waals surface area contributed by atoms with Crippen molar-refractivity contribution in [3.8, 4) is 6.07 Å². The first-order valence-corrected chi connectivity index (χ1v) is 6.01. The molecule has 1 saturated carbocycles. The molecule has 0 radical (unpaired) electrons. The molecule has 82 valence electrons. The van der Waals surface area contributed by atoms with Crippen LogP contribution in [0.4, 0.5) is 0 Å². The van der Waals surface area contributed by atoms with E-state index in [1.54, 1.807) is 0 Å². The smallest absolute Gasteiger partial charge is 0.223 e. The molecule has 0 aromatic rings. The van der Waals surface area contributed by atoms with Gasteiger partial charge in [-0.15, -0.1) is 0 Å². The molecule has 2 aliphatic rings. The Bertz CT molecular complexity index is 276. The van der Waals surface area contributed by atoms with Gasteiger partial charge in [0.25, 0.3) is 0 Å². The highest BCUT2D eigenvalue weighted by atomic mass is 16.2. The molecule has 3 heteroatoms. The van der Waals surface area contributed by atoms with E-state index in [4.69, 9.17) is 5.26 Å².